The minimum Gasteiger partial charge on any atom is -0.379 e. The van der Waals surface area contributed by atoms with Crippen LogP contribution in [0.15, 0.2) is 23.8 Å². The Kier molecular flexibility index (Phi) is 11.4. The zero-order valence-corrected chi connectivity index (χ0v) is 14.4. The molecule has 1 aliphatic rings. The Hall–Kier alpha value is -1.26. The maximum Gasteiger partial charge on any atom is 0.182 e. The van der Waals surface area contributed by atoms with Crippen LogP contribution in [0.2, 0.25) is 0 Å². The number of hydrogen-bond acceptors (Lipinski definition) is 4. The van der Waals surface area contributed by atoms with E-state index >= 15 is 0 Å². The summed E-state index contributed by atoms with van der Waals surface area (Å²) in [5, 5.41) is 0. The number of ketones is 2. The van der Waals surface area contributed by atoms with Gasteiger partial charge < -0.3 is 9.47 Å². The maximum absolute atomic E-state index is 11.6. The summed E-state index contributed by atoms with van der Waals surface area (Å²) in [7, 11) is 0. The Balaban J connectivity index is 1.85. The van der Waals surface area contributed by atoms with E-state index in [2.05, 4.69) is 6.92 Å². The Morgan fingerprint density at radius 3 is 2.13 bits per heavy atom. The first kappa shape index (κ1) is 19.8. The number of allylic oxidation sites excluding steroid dienone is 4. The summed E-state index contributed by atoms with van der Waals surface area (Å²) >= 11 is 0. The molecule has 23 heavy (non-hydrogen) atoms. The SMILES string of the molecule is CCCCCOCCOCCCCCCC1=CC(=O)C=CC1=O. The summed E-state index contributed by atoms with van der Waals surface area (Å²) in [6, 6.07) is 0. The molecule has 0 aliphatic heterocycles. The van der Waals surface area contributed by atoms with E-state index in [1.54, 1.807) is 0 Å². The molecule has 0 amide bonds. The van der Waals surface area contributed by atoms with E-state index < -0.39 is 0 Å². The summed E-state index contributed by atoms with van der Waals surface area (Å²) in [5.74, 6) is -0.100. The number of carbonyl (C=O) groups excluding carboxylic acids is 2. The number of unbranched alkanes of at least 4 members (excludes halogenated alkanes) is 5. The van der Waals surface area contributed by atoms with Crippen LogP contribution in [0.3, 0.4) is 0 Å². The molecule has 0 aromatic rings. The van der Waals surface area contributed by atoms with E-state index in [1.807, 2.05) is 0 Å². The number of ether oxygens (including phenoxy) is 2. The molecule has 0 N–H and O–H groups in total. The van der Waals surface area contributed by atoms with Crippen molar-refractivity contribution in [2.75, 3.05) is 26.4 Å². The van der Waals surface area contributed by atoms with Crippen LogP contribution in [0.5, 0.6) is 0 Å². The lowest BCUT2D eigenvalue weighted by atomic mass is 9.98. The molecule has 0 aromatic carbocycles. The maximum atomic E-state index is 11.6. The fourth-order valence-corrected chi connectivity index (χ4v) is 2.40. The molecule has 1 rings (SSSR count). The van der Waals surface area contributed by atoms with E-state index in [4.69, 9.17) is 9.47 Å². The van der Waals surface area contributed by atoms with Crippen LogP contribution in [-0.2, 0) is 19.1 Å². The molecule has 130 valence electrons. The van der Waals surface area contributed by atoms with Gasteiger partial charge in [-0.1, -0.05) is 32.6 Å². The van der Waals surface area contributed by atoms with Gasteiger partial charge in [-0.05, 0) is 43.9 Å². The Labute approximate surface area is 139 Å². The van der Waals surface area contributed by atoms with Gasteiger partial charge in [0.05, 0.1) is 13.2 Å². The highest BCUT2D eigenvalue weighted by Crippen LogP contribution is 2.14. The van der Waals surface area contributed by atoms with Crippen molar-refractivity contribution in [2.45, 2.75) is 58.3 Å². The van der Waals surface area contributed by atoms with Gasteiger partial charge >= 0.3 is 0 Å². The van der Waals surface area contributed by atoms with Gasteiger partial charge in [-0.3, -0.25) is 9.59 Å². The molecule has 0 heterocycles. The van der Waals surface area contributed by atoms with Gasteiger partial charge in [-0.15, -0.1) is 0 Å². The van der Waals surface area contributed by atoms with Gasteiger partial charge in [0, 0.05) is 18.8 Å². The van der Waals surface area contributed by atoms with Gasteiger partial charge in [0.2, 0.25) is 0 Å². The molecule has 1 aliphatic carbocycles. The van der Waals surface area contributed by atoms with E-state index in [0.29, 0.717) is 25.2 Å². The molecule has 0 fully saturated rings. The number of hydrogen-bond donors (Lipinski definition) is 0. The third-order valence-electron chi connectivity index (χ3n) is 3.78. The van der Waals surface area contributed by atoms with Crippen molar-refractivity contribution in [3.05, 3.63) is 23.8 Å². The van der Waals surface area contributed by atoms with Crippen LogP contribution >= 0.6 is 0 Å². The summed E-state index contributed by atoms with van der Waals surface area (Å²) < 4.78 is 11.0. The van der Waals surface area contributed by atoms with Crippen LogP contribution in [0.25, 0.3) is 0 Å². The van der Waals surface area contributed by atoms with Gasteiger partial charge in [0.1, 0.15) is 0 Å². The van der Waals surface area contributed by atoms with Gasteiger partial charge in [-0.25, -0.2) is 0 Å². The second-order valence-corrected chi connectivity index (χ2v) is 5.87. The minimum absolute atomic E-state index is 0.0214. The summed E-state index contributed by atoms with van der Waals surface area (Å²) in [4.78, 5) is 22.8. The van der Waals surface area contributed by atoms with Crippen molar-refractivity contribution >= 4 is 11.6 Å². The topological polar surface area (TPSA) is 52.6 Å². The van der Waals surface area contributed by atoms with E-state index in [-0.39, 0.29) is 11.6 Å². The molecular weight excluding hydrogens is 292 g/mol. The predicted octanol–water partition coefficient (Wildman–Crippen LogP) is 3.79. The zero-order chi connectivity index (χ0) is 16.8. The molecule has 4 nitrogen and oxygen atoms in total. The van der Waals surface area contributed by atoms with Crippen molar-refractivity contribution in [2.24, 2.45) is 0 Å². The predicted molar refractivity (Wildman–Crippen MR) is 91.5 cm³/mol. The molecule has 0 unspecified atom stereocenters. The van der Waals surface area contributed by atoms with Gasteiger partial charge in [0.25, 0.3) is 0 Å². The second-order valence-electron chi connectivity index (χ2n) is 5.87. The minimum atomic E-state index is -0.0788. The van der Waals surface area contributed by atoms with Crippen molar-refractivity contribution in [1.29, 1.82) is 0 Å². The molecule has 0 spiro atoms. The molecule has 0 aromatic heterocycles. The third-order valence-corrected chi connectivity index (χ3v) is 3.78. The molecular formula is C19H30O4. The Bertz CT molecular complexity index is 410. The Morgan fingerprint density at radius 1 is 0.783 bits per heavy atom. The van der Waals surface area contributed by atoms with E-state index in [9.17, 15) is 9.59 Å². The van der Waals surface area contributed by atoms with Gasteiger partial charge in [-0.2, -0.15) is 0 Å². The summed E-state index contributed by atoms with van der Waals surface area (Å²) in [6.07, 6.45) is 12.6. The van der Waals surface area contributed by atoms with Crippen molar-refractivity contribution in [3.8, 4) is 0 Å². The molecule has 0 saturated carbocycles. The van der Waals surface area contributed by atoms with Crippen LogP contribution < -0.4 is 0 Å². The van der Waals surface area contributed by atoms with Crippen LogP contribution in [0.1, 0.15) is 58.3 Å². The summed E-state index contributed by atoms with van der Waals surface area (Å²) in [6.45, 7) is 5.14. The molecule has 0 saturated heterocycles. The molecule has 0 radical (unpaired) electrons. The highest BCUT2D eigenvalue weighted by Gasteiger charge is 2.12. The fourth-order valence-electron chi connectivity index (χ4n) is 2.40. The highest BCUT2D eigenvalue weighted by atomic mass is 16.5. The van der Waals surface area contributed by atoms with Crippen molar-refractivity contribution in [1.82, 2.24) is 0 Å². The smallest absolute Gasteiger partial charge is 0.182 e. The average Bonchev–Trinajstić information content (AvgIpc) is 2.55. The first-order chi connectivity index (χ1) is 11.2. The van der Waals surface area contributed by atoms with Crippen molar-refractivity contribution in [3.63, 3.8) is 0 Å². The normalized spacial score (nSPS) is 14.4. The molecule has 4 heteroatoms. The van der Waals surface area contributed by atoms with E-state index in [0.717, 1.165) is 45.3 Å². The average molecular weight is 322 g/mol. The van der Waals surface area contributed by atoms with Crippen molar-refractivity contribution < 1.29 is 19.1 Å². The largest absolute Gasteiger partial charge is 0.379 e. The van der Waals surface area contributed by atoms with Crippen LogP contribution in [0, 0.1) is 0 Å². The first-order valence-corrected chi connectivity index (χ1v) is 8.86. The summed E-state index contributed by atoms with van der Waals surface area (Å²) in [5.41, 5.74) is 0.647. The monoisotopic (exact) mass is 322 g/mol. The highest BCUT2D eigenvalue weighted by molar-refractivity contribution is 6.17. The zero-order valence-electron chi connectivity index (χ0n) is 14.4. The third kappa shape index (κ3) is 10.2. The first-order valence-electron chi connectivity index (χ1n) is 8.86. The number of carbonyl (C=O) groups is 2. The quantitative estimate of drug-likeness (QED) is 0.360. The lowest BCUT2D eigenvalue weighted by Gasteiger charge is -2.07. The fraction of sp³-hybridized carbons (Fsp3) is 0.684. The lowest BCUT2D eigenvalue weighted by Crippen LogP contribution is -2.07. The second kappa shape index (κ2) is 13.2. The number of rotatable bonds is 14. The Morgan fingerprint density at radius 2 is 1.43 bits per heavy atom. The molecule has 0 atom stereocenters. The standard InChI is InChI=1S/C19H30O4/c1-2-3-7-12-22-14-15-23-13-8-5-4-6-9-17-16-18(20)10-11-19(17)21/h10-11,16H,2-9,12-15H2,1H3. The van der Waals surface area contributed by atoms with Gasteiger partial charge in [0.15, 0.2) is 11.6 Å². The molecule has 0 bridgehead atoms. The van der Waals surface area contributed by atoms with E-state index in [1.165, 1.54) is 31.1 Å². The van der Waals surface area contributed by atoms with Crippen LogP contribution in [0.4, 0.5) is 0 Å². The lowest BCUT2D eigenvalue weighted by molar-refractivity contribution is -0.114. The van der Waals surface area contributed by atoms with Crippen LogP contribution in [-0.4, -0.2) is 38.0 Å².